The highest BCUT2D eigenvalue weighted by Crippen LogP contribution is 2.25. The number of thiophene rings is 1. The first-order valence-corrected chi connectivity index (χ1v) is 8.59. The second kappa shape index (κ2) is 6.81. The van der Waals surface area contributed by atoms with Gasteiger partial charge in [0.15, 0.2) is 0 Å². The minimum atomic E-state index is -3.42. The van der Waals surface area contributed by atoms with E-state index in [1.54, 1.807) is 15.8 Å². The van der Waals surface area contributed by atoms with E-state index < -0.39 is 10.0 Å². The zero-order valence-corrected chi connectivity index (χ0v) is 13.6. The first-order valence-electron chi connectivity index (χ1n) is 6.27. The molecule has 1 unspecified atom stereocenters. The van der Waals surface area contributed by atoms with Gasteiger partial charge in [-0.1, -0.05) is 6.92 Å². The Hall–Kier alpha value is -0.470. The molecule has 0 aromatic carbocycles. The van der Waals surface area contributed by atoms with Crippen LogP contribution >= 0.6 is 11.3 Å². The summed E-state index contributed by atoms with van der Waals surface area (Å²) in [5.41, 5.74) is 6.39. The molecule has 5 nitrogen and oxygen atoms in total. The second-order valence-corrected chi connectivity index (χ2v) is 7.83. The third-order valence-electron chi connectivity index (χ3n) is 2.86. The van der Waals surface area contributed by atoms with Crippen LogP contribution < -0.4 is 5.73 Å². The Kier molecular flexibility index (Phi) is 5.94. The molecule has 0 saturated carbocycles. The van der Waals surface area contributed by atoms with Crippen molar-refractivity contribution < 1.29 is 8.42 Å². The molecule has 0 amide bonds. The number of hydrogen-bond acceptors (Lipinski definition) is 5. The van der Waals surface area contributed by atoms with E-state index in [-0.39, 0.29) is 6.04 Å². The molecule has 110 valence electrons. The van der Waals surface area contributed by atoms with Gasteiger partial charge in [-0.25, -0.2) is 8.42 Å². The maximum Gasteiger partial charge on any atom is 0.252 e. The lowest BCUT2D eigenvalue weighted by molar-refractivity contribution is 0.272. The lowest BCUT2D eigenvalue weighted by atomic mass is 10.3. The van der Waals surface area contributed by atoms with Gasteiger partial charge in [0, 0.05) is 25.7 Å². The minimum absolute atomic E-state index is 0.0616. The summed E-state index contributed by atoms with van der Waals surface area (Å²) in [7, 11) is 0.463. The Morgan fingerprint density at radius 2 is 2.05 bits per heavy atom. The normalized spacial score (nSPS) is 14.3. The number of likely N-dealkylation sites (N-methyl/N-ethyl adjacent to an activating group) is 2. The van der Waals surface area contributed by atoms with Crippen LogP contribution in [0.15, 0.2) is 15.7 Å². The predicted molar refractivity (Wildman–Crippen MR) is 79.8 cm³/mol. The van der Waals surface area contributed by atoms with Crippen LogP contribution in [0, 0.1) is 0 Å². The van der Waals surface area contributed by atoms with Crippen molar-refractivity contribution in [3.8, 4) is 0 Å². The first kappa shape index (κ1) is 16.6. The molecule has 1 aromatic rings. The first-order chi connectivity index (χ1) is 8.82. The van der Waals surface area contributed by atoms with E-state index in [4.69, 9.17) is 5.73 Å². The van der Waals surface area contributed by atoms with Crippen LogP contribution in [0.25, 0.3) is 0 Å². The average Bonchev–Trinajstić information content (AvgIpc) is 2.77. The highest BCUT2D eigenvalue weighted by atomic mass is 32.2. The van der Waals surface area contributed by atoms with E-state index in [0.29, 0.717) is 23.8 Å². The van der Waals surface area contributed by atoms with Crippen molar-refractivity contribution >= 4 is 21.4 Å². The zero-order valence-electron chi connectivity index (χ0n) is 12.0. The van der Waals surface area contributed by atoms with E-state index in [9.17, 15) is 8.42 Å². The molecular weight excluding hydrogens is 282 g/mol. The summed E-state index contributed by atoms with van der Waals surface area (Å²) in [6.07, 6.45) is 0. The van der Waals surface area contributed by atoms with Crippen molar-refractivity contribution in [2.75, 3.05) is 27.2 Å². The molecule has 0 fully saturated rings. The van der Waals surface area contributed by atoms with Crippen LogP contribution in [-0.4, -0.2) is 50.8 Å². The Morgan fingerprint density at radius 3 is 2.47 bits per heavy atom. The topological polar surface area (TPSA) is 66.6 Å². The van der Waals surface area contributed by atoms with Crippen molar-refractivity contribution in [1.29, 1.82) is 0 Å². The fourth-order valence-corrected chi connectivity index (χ4v) is 5.03. The molecule has 0 aliphatic carbocycles. The molecular formula is C12H23N3O2S2. The largest absolute Gasteiger partial charge is 0.326 e. The molecule has 7 heteroatoms. The van der Waals surface area contributed by atoms with Gasteiger partial charge in [0.2, 0.25) is 0 Å². The minimum Gasteiger partial charge on any atom is -0.326 e. The third-order valence-corrected chi connectivity index (χ3v) is 6.41. The van der Waals surface area contributed by atoms with Crippen LogP contribution in [0.3, 0.4) is 0 Å². The molecule has 1 heterocycles. The van der Waals surface area contributed by atoms with Gasteiger partial charge in [-0.15, -0.1) is 11.3 Å². The predicted octanol–water partition coefficient (Wildman–Crippen LogP) is 1.17. The highest BCUT2D eigenvalue weighted by molar-refractivity contribution is 7.91. The molecule has 0 bridgehead atoms. The second-order valence-electron chi connectivity index (χ2n) is 4.80. The van der Waals surface area contributed by atoms with Crippen molar-refractivity contribution in [2.45, 2.75) is 30.6 Å². The van der Waals surface area contributed by atoms with Gasteiger partial charge in [-0.05, 0) is 38.0 Å². The molecule has 19 heavy (non-hydrogen) atoms. The van der Waals surface area contributed by atoms with Gasteiger partial charge in [0.05, 0.1) is 0 Å². The molecule has 0 spiro atoms. The molecule has 1 aromatic heterocycles. The number of hydrogen-bond donors (Lipinski definition) is 1. The molecule has 0 aliphatic heterocycles. The molecule has 1 atom stereocenters. The van der Waals surface area contributed by atoms with E-state index in [2.05, 4.69) is 0 Å². The number of nitrogens with two attached hydrogens (primary N) is 1. The lowest BCUT2D eigenvalue weighted by Gasteiger charge is -2.28. The number of nitrogens with zero attached hydrogens (tertiary/aromatic N) is 2. The standard InChI is InChI=1S/C12H23N3O2S2/c1-5-15(10(2)8-14(3)4)19(16,17)12-6-11(7-13)9-18-12/h6,9-10H,5,7-8,13H2,1-4H3. The van der Waals surface area contributed by atoms with Crippen molar-refractivity contribution in [2.24, 2.45) is 5.73 Å². The average molecular weight is 305 g/mol. The maximum atomic E-state index is 12.6. The van der Waals surface area contributed by atoms with Crippen LogP contribution in [-0.2, 0) is 16.6 Å². The fourth-order valence-electron chi connectivity index (χ4n) is 2.05. The Morgan fingerprint density at radius 1 is 1.42 bits per heavy atom. The lowest BCUT2D eigenvalue weighted by Crippen LogP contribution is -2.43. The highest BCUT2D eigenvalue weighted by Gasteiger charge is 2.29. The van der Waals surface area contributed by atoms with E-state index >= 15 is 0 Å². The van der Waals surface area contributed by atoms with E-state index in [0.717, 1.165) is 5.56 Å². The van der Waals surface area contributed by atoms with Crippen LogP contribution in [0.2, 0.25) is 0 Å². The summed E-state index contributed by atoms with van der Waals surface area (Å²) >= 11 is 1.24. The molecule has 2 N–H and O–H groups in total. The fraction of sp³-hybridized carbons (Fsp3) is 0.667. The Balaban J connectivity index is 3.01. The smallest absolute Gasteiger partial charge is 0.252 e. The SMILES string of the molecule is CCN(C(C)CN(C)C)S(=O)(=O)c1cc(CN)cs1. The van der Waals surface area contributed by atoms with Gasteiger partial charge in [0.25, 0.3) is 10.0 Å². The third kappa shape index (κ3) is 4.00. The van der Waals surface area contributed by atoms with Crippen molar-refractivity contribution in [1.82, 2.24) is 9.21 Å². The summed E-state index contributed by atoms with van der Waals surface area (Å²) in [5, 5.41) is 1.80. The van der Waals surface area contributed by atoms with Gasteiger partial charge in [-0.2, -0.15) is 4.31 Å². The summed E-state index contributed by atoms with van der Waals surface area (Å²) in [6.45, 7) is 5.32. The van der Waals surface area contributed by atoms with Gasteiger partial charge in [-0.3, -0.25) is 0 Å². The molecule has 1 rings (SSSR count). The molecule has 0 aliphatic rings. The van der Waals surface area contributed by atoms with E-state index in [1.165, 1.54) is 11.3 Å². The van der Waals surface area contributed by atoms with Crippen molar-refractivity contribution in [3.63, 3.8) is 0 Å². The van der Waals surface area contributed by atoms with Crippen LogP contribution in [0.4, 0.5) is 0 Å². The Labute approximate surface area is 120 Å². The summed E-state index contributed by atoms with van der Waals surface area (Å²) < 4.78 is 27.1. The summed E-state index contributed by atoms with van der Waals surface area (Å²) in [5.74, 6) is 0. The molecule has 0 saturated heterocycles. The van der Waals surface area contributed by atoms with Gasteiger partial charge >= 0.3 is 0 Å². The van der Waals surface area contributed by atoms with Crippen LogP contribution in [0.1, 0.15) is 19.4 Å². The van der Waals surface area contributed by atoms with Gasteiger partial charge < -0.3 is 10.6 Å². The number of rotatable bonds is 7. The van der Waals surface area contributed by atoms with Crippen LogP contribution in [0.5, 0.6) is 0 Å². The number of sulfonamides is 1. The Bertz CT molecular complexity index is 497. The maximum absolute atomic E-state index is 12.6. The molecule has 0 radical (unpaired) electrons. The van der Waals surface area contributed by atoms with Gasteiger partial charge in [0.1, 0.15) is 4.21 Å². The summed E-state index contributed by atoms with van der Waals surface area (Å²) in [6, 6.07) is 1.61. The van der Waals surface area contributed by atoms with Crippen molar-refractivity contribution in [3.05, 3.63) is 17.0 Å². The summed E-state index contributed by atoms with van der Waals surface area (Å²) in [4.78, 5) is 1.99. The quantitative estimate of drug-likeness (QED) is 0.821. The monoisotopic (exact) mass is 305 g/mol. The van der Waals surface area contributed by atoms with E-state index in [1.807, 2.05) is 32.8 Å². The zero-order chi connectivity index (χ0) is 14.6.